The molecule has 0 aliphatic heterocycles. The maximum absolute atomic E-state index is 11.8. The highest BCUT2D eigenvalue weighted by Gasteiger charge is 2.29. The van der Waals surface area contributed by atoms with Crippen molar-refractivity contribution in [1.82, 2.24) is 14.4 Å². The van der Waals surface area contributed by atoms with Crippen LogP contribution >= 0.6 is 11.3 Å². The molecule has 1 aromatic heterocycles. The number of thiazole rings is 1. The Balaban J connectivity index is 2.53. The number of hydrogen-bond donors (Lipinski definition) is 3. The van der Waals surface area contributed by atoms with Crippen LogP contribution in [0.4, 0.5) is 13.2 Å². The fraction of sp³-hybridized carbons (Fsp3) is 0.429. The first kappa shape index (κ1) is 15.8. The monoisotopic (exact) mass is 319 g/mol. The Kier molecular flexibility index (Phi) is 4.84. The van der Waals surface area contributed by atoms with Crippen molar-refractivity contribution in [3.05, 3.63) is 16.1 Å². The van der Waals surface area contributed by atoms with Gasteiger partial charge in [0.15, 0.2) is 5.69 Å². The second kappa shape index (κ2) is 5.81. The normalized spacial score (nSPS) is 12.6. The smallest absolute Gasteiger partial charge is 0.402 e. The molecule has 12 heteroatoms. The molecular formula is C7H8F3N3O4S2. The van der Waals surface area contributed by atoms with Gasteiger partial charge in [-0.3, -0.25) is 0 Å². The summed E-state index contributed by atoms with van der Waals surface area (Å²) in [6.45, 7) is -2.09. The SMILES string of the molecule is O=C(O)c1csc(CNS(=O)(=O)NCC(F)(F)F)n1. The molecular weight excluding hydrogens is 311 g/mol. The van der Waals surface area contributed by atoms with Crippen LogP contribution in [0.15, 0.2) is 5.38 Å². The highest BCUT2D eigenvalue weighted by atomic mass is 32.2. The second-order valence-electron chi connectivity index (χ2n) is 3.19. The fourth-order valence-electron chi connectivity index (χ4n) is 0.875. The number of nitrogens with zero attached hydrogens (tertiary/aromatic N) is 1. The molecule has 0 bridgehead atoms. The molecule has 1 aromatic rings. The van der Waals surface area contributed by atoms with Crippen LogP contribution < -0.4 is 9.44 Å². The average Bonchev–Trinajstić information content (AvgIpc) is 2.72. The molecule has 0 atom stereocenters. The quantitative estimate of drug-likeness (QED) is 0.700. The van der Waals surface area contributed by atoms with Gasteiger partial charge in [-0.1, -0.05) is 0 Å². The molecule has 0 aliphatic carbocycles. The molecule has 0 radical (unpaired) electrons. The van der Waals surface area contributed by atoms with Crippen LogP contribution in [0, 0.1) is 0 Å². The Hall–Kier alpha value is -1.24. The van der Waals surface area contributed by atoms with E-state index in [9.17, 15) is 26.4 Å². The highest BCUT2D eigenvalue weighted by molar-refractivity contribution is 7.87. The number of rotatable bonds is 6. The largest absolute Gasteiger partial charge is 0.476 e. The van der Waals surface area contributed by atoms with Crippen LogP contribution in [0.3, 0.4) is 0 Å². The third-order valence-corrected chi connectivity index (χ3v) is 3.54. The molecule has 108 valence electrons. The van der Waals surface area contributed by atoms with Crippen molar-refractivity contribution in [2.45, 2.75) is 12.7 Å². The first-order valence-corrected chi connectivity index (χ1v) is 6.94. The number of carbonyl (C=O) groups is 1. The lowest BCUT2D eigenvalue weighted by Gasteiger charge is -2.09. The van der Waals surface area contributed by atoms with Crippen LogP contribution in [0.1, 0.15) is 15.5 Å². The molecule has 0 fully saturated rings. The number of halogens is 3. The van der Waals surface area contributed by atoms with Gasteiger partial charge in [-0.15, -0.1) is 11.3 Å². The second-order valence-corrected chi connectivity index (χ2v) is 5.72. The summed E-state index contributed by atoms with van der Waals surface area (Å²) in [5, 5.41) is 9.88. The van der Waals surface area contributed by atoms with Crippen molar-refractivity contribution in [3.8, 4) is 0 Å². The Morgan fingerprint density at radius 3 is 2.53 bits per heavy atom. The zero-order valence-electron chi connectivity index (χ0n) is 9.06. The van der Waals surface area contributed by atoms with E-state index in [2.05, 4.69) is 4.98 Å². The predicted molar refractivity (Wildman–Crippen MR) is 58.9 cm³/mol. The summed E-state index contributed by atoms with van der Waals surface area (Å²) in [5.74, 6) is -1.28. The fourth-order valence-corrected chi connectivity index (χ4v) is 2.46. The van der Waals surface area contributed by atoms with Gasteiger partial charge >= 0.3 is 12.1 Å². The van der Waals surface area contributed by atoms with E-state index in [0.717, 1.165) is 11.3 Å². The summed E-state index contributed by atoms with van der Waals surface area (Å²) in [4.78, 5) is 14.1. The summed E-state index contributed by atoms with van der Waals surface area (Å²) in [5.41, 5.74) is -0.262. The number of nitrogens with one attached hydrogen (secondary N) is 2. The van der Waals surface area contributed by atoms with Crippen molar-refractivity contribution in [2.75, 3.05) is 6.54 Å². The zero-order chi connectivity index (χ0) is 14.7. The van der Waals surface area contributed by atoms with Gasteiger partial charge in [0, 0.05) is 5.38 Å². The van der Waals surface area contributed by atoms with E-state index >= 15 is 0 Å². The van der Waals surface area contributed by atoms with Crippen molar-refractivity contribution in [2.24, 2.45) is 0 Å². The van der Waals surface area contributed by atoms with E-state index < -0.39 is 35.4 Å². The van der Waals surface area contributed by atoms with E-state index in [0.29, 0.717) is 0 Å². The molecule has 0 amide bonds. The lowest BCUT2D eigenvalue weighted by Crippen LogP contribution is -2.41. The first-order valence-electron chi connectivity index (χ1n) is 4.58. The molecule has 0 saturated carbocycles. The molecule has 3 N–H and O–H groups in total. The van der Waals surface area contributed by atoms with Crippen molar-refractivity contribution < 1.29 is 31.5 Å². The molecule has 0 aliphatic rings. The Morgan fingerprint density at radius 2 is 2.05 bits per heavy atom. The average molecular weight is 319 g/mol. The summed E-state index contributed by atoms with van der Waals surface area (Å²) in [7, 11) is -4.32. The van der Waals surface area contributed by atoms with Crippen LogP contribution in [0.2, 0.25) is 0 Å². The number of carboxylic acids is 1. The van der Waals surface area contributed by atoms with E-state index in [4.69, 9.17) is 5.11 Å². The van der Waals surface area contributed by atoms with E-state index in [1.807, 2.05) is 4.72 Å². The number of carboxylic acid groups (broad SMARTS) is 1. The molecule has 1 heterocycles. The number of alkyl halides is 3. The summed E-state index contributed by atoms with van der Waals surface area (Å²) >= 11 is 0.873. The molecule has 1 rings (SSSR count). The van der Waals surface area contributed by atoms with E-state index in [1.54, 1.807) is 0 Å². The van der Waals surface area contributed by atoms with Gasteiger partial charge in [-0.2, -0.15) is 31.0 Å². The first-order chi connectivity index (χ1) is 8.59. The lowest BCUT2D eigenvalue weighted by molar-refractivity contribution is -0.121. The van der Waals surface area contributed by atoms with E-state index in [-0.39, 0.29) is 10.7 Å². The van der Waals surface area contributed by atoms with Crippen molar-refractivity contribution in [3.63, 3.8) is 0 Å². The Bertz CT molecular complexity index is 554. The lowest BCUT2D eigenvalue weighted by atomic mass is 10.5. The van der Waals surface area contributed by atoms with Crippen LogP contribution in [-0.4, -0.2) is 37.2 Å². The minimum Gasteiger partial charge on any atom is -0.476 e. The third kappa shape index (κ3) is 5.96. The van der Waals surface area contributed by atoms with Gasteiger partial charge in [-0.25, -0.2) is 9.78 Å². The zero-order valence-corrected chi connectivity index (χ0v) is 10.7. The molecule has 0 unspecified atom stereocenters. The van der Waals surface area contributed by atoms with Gasteiger partial charge in [-0.05, 0) is 0 Å². The highest BCUT2D eigenvalue weighted by Crippen LogP contribution is 2.13. The summed E-state index contributed by atoms with van der Waals surface area (Å²) < 4.78 is 60.8. The van der Waals surface area contributed by atoms with Crippen molar-refractivity contribution in [1.29, 1.82) is 0 Å². The predicted octanol–water partition coefficient (Wildman–Crippen LogP) is 0.328. The van der Waals surface area contributed by atoms with Crippen LogP contribution in [0.5, 0.6) is 0 Å². The molecule has 19 heavy (non-hydrogen) atoms. The van der Waals surface area contributed by atoms with Crippen LogP contribution in [0.25, 0.3) is 0 Å². The Labute approximate surface area is 109 Å². The minimum absolute atomic E-state index is 0.120. The number of hydrogen-bond acceptors (Lipinski definition) is 5. The standard InChI is InChI=1S/C7H8F3N3O4S2/c8-7(9,10)3-12-19(16,17)11-1-5-13-4(2-18-5)6(14)15/h2,11-12H,1,3H2,(H,14,15). The van der Waals surface area contributed by atoms with Gasteiger partial charge < -0.3 is 5.11 Å². The molecule has 0 spiro atoms. The molecule has 7 nitrogen and oxygen atoms in total. The maximum Gasteiger partial charge on any atom is 0.402 e. The molecule has 0 saturated heterocycles. The third-order valence-electron chi connectivity index (χ3n) is 1.65. The summed E-state index contributed by atoms with van der Waals surface area (Å²) in [6, 6.07) is 0. The van der Waals surface area contributed by atoms with Crippen LogP contribution in [-0.2, 0) is 16.8 Å². The Morgan fingerprint density at radius 1 is 1.42 bits per heavy atom. The number of aromatic carboxylic acids is 1. The maximum atomic E-state index is 11.8. The molecule has 0 aromatic carbocycles. The number of aromatic nitrogens is 1. The van der Waals surface area contributed by atoms with E-state index in [1.165, 1.54) is 10.1 Å². The minimum atomic E-state index is -4.66. The van der Waals surface area contributed by atoms with Gasteiger partial charge in [0.1, 0.15) is 11.6 Å². The summed E-state index contributed by atoms with van der Waals surface area (Å²) in [6.07, 6.45) is -4.66. The topological polar surface area (TPSA) is 108 Å². The van der Waals surface area contributed by atoms with Gasteiger partial charge in [0.05, 0.1) is 6.54 Å². The van der Waals surface area contributed by atoms with Gasteiger partial charge in [0.25, 0.3) is 10.2 Å². The van der Waals surface area contributed by atoms with Gasteiger partial charge in [0.2, 0.25) is 0 Å². The van der Waals surface area contributed by atoms with Crippen molar-refractivity contribution >= 4 is 27.5 Å².